The highest BCUT2D eigenvalue weighted by molar-refractivity contribution is 7.99. The summed E-state index contributed by atoms with van der Waals surface area (Å²) >= 11 is 7.72. The van der Waals surface area contributed by atoms with Crippen molar-refractivity contribution in [3.05, 3.63) is 23.4 Å². The van der Waals surface area contributed by atoms with Crippen molar-refractivity contribution in [2.24, 2.45) is 5.92 Å². The van der Waals surface area contributed by atoms with Gasteiger partial charge in [-0.25, -0.2) is 4.98 Å². The summed E-state index contributed by atoms with van der Waals surface area (Å²) in [4.78, 5) is 4.28. The molecule has 0 aromatic carbocycles. The number of pyridine rings is 1. The number of rotatable bonds is 3. The minimum Gasteiger partial charge on any atom is -0.250 e. The van der Waals surface area contributed by atoms with E-state index in [0.29, 0.717) is 0 Å². The van der Waals surface area contributed by atoms with Crippen molar-refractivity contribution in [1.29, 1.82) is 0 Å². The van der Waals surface area contributed by atoms with Gasteiger partial charge in [-0.3, -0.25) is 0 Å². The molecule has 1 aliphatic rings. The van der Waals surface area contributed by atoms with Crippen LogP contribution in [0, 0.1) is 5.92 Å². The fraction of sp³-hybridized carbons (Fsp3) is 0.545. The van der Waals surface area contributed by atoms with E-state index in [-0.39, 0.29) is 0 Å². The third kappa shape index (κ3) is 2.89. The van der Waals surface area contributed by atoms with Crippen molar-refractivity contribution in [3.63, 3.8) is 0 Å². The number of halogens is 1. The normalized spacial score (nSPS) is 17.5. The van der Waals surface area contributed by atoms with Gasteiger partial charge in [0.25, 0.3) is 0 Å². The Morgan fingerprint density at radius 3 is 2.93 bits per heavy atom. The highest BCUT2D eigenvalue weighted by Crippen LogP contribution is 2.30. The van der Waals surface area contributed by atoms with Crippen molar-refractivity contribution < 1.29 is 0 Å². The molecule has 0 unspecified atom stereocenters. The summed E-state index contributed by atoms with van der Waals surface area (Å²) in [5.74, 6) is 2.11. The fourth-order valence-electron chi connectivity index (χ4n) is 1.84. The van der Waals surface area contributed by atoms with Crippen molar-refractivity contribution in [2.45, 2.75) is 30.7 Å². The Bertz CT molecular complexity index is 297. The van der Waals surface area contributed by atoms with Gasteiger partial charge in [0.2, 0.25) is 0 Å². The van der Waals surface area contributed by atoms with Gasteiger partial charge in [-0.1, -0.05) is 24.4 Å². The molecule has 0 amide bonds. The molecule has 1 saturated carbocycles. The quantitative estimate of drug-likeness (QED) is 0.724. The zero-order chi connectivity index (χ0) is 9.80. The van der Waals surface area contributed by atoms with Gasteiger partial charge in [0.05, 0.1) is 5.03 Å². The van der Waals surface area contributed by atoms with Crippen LogP contribution in [0.2, 0.25) is 5.02 Å². The van der Waals surface area contributed by atoms with Crippen LogP contribution in [-0.2, 0) is 0 Å². The lowest BCUT2D eigenvalue weighted by molar-refractivity contribution is 0.623. The first-order valence-electron chi connectivity index (χ1n) is 5.09. The molecule has 76 valence electrons. The second-order valence-corrected chi connectivity index (χ2v) is 5.25. The van der Waals surface area contributed by atoms with Crippen LogP contribution < -0.4 is 0 Å². The molecule has 0 bridgehead atoms. The topological polar surface area (TPSA) is 12.9 Å². The maximum Gasteiger partial charge on any atom is 0.0974 e. The number of nitrogens with zero attached hydrogens (tertiary/aromatic N) is 1. The van der Waals surface area contributed by atoms with Crippen LogP contribution >= 0.6 is 23.4 Å². The lowest BCUT2D eigenvalue weighted by Crippen LogP contribution is -1.96. The zero-order valence-electron chi connectivity index (χ0n) is 8.08. The van der Waals surface area contributed by atoms with E-state index in [1.807, 2.05) is 23.9 Å². The molecule has 0 spiro atoms. The molecule has 2 rings (SSSR count). The summed E-state index contributed by atoms with van der Waals surface area (Å²) in [5.41, 5.74) is 0. The van der Waals surface area contributed by atoms with Gasteiger partial charge in [-0.15, -0.1) is 11.8 Å². The highest BCUT2D eigenvalue weighted by atomic mass is 35.5. The lowest BCUT2D eigenvalue weighted by Gasteiger charge is -2.07. The molecule has 1 aromatic rings. The average molecular weight is 228 g/mol. The minimum absolute atomic E-state index is 0.786. The Morgan fingerprint density at radius 2 is 2.21 bits per heavy atom. The first-order chi connectivity index (χ1) is 6.84. The summed E-state index contributed by atoms with van der Waals surface area (Å²) in [6, 6.07) is 3.77. The SMILES string of the molecule is Clc1ccnc(SCC2CCCC2)c1. The van der Waals surface area contributed by atoms with Crippen molar-refractivity contribution >= 4 is 23.4 Å². The molecule has 14 heavy (non-hydrogen) atoms. The largest absolute Gasteiger partial charge is 0.250 e. The minimum atomic E-state index is 0.786. The van der Waals surface area contributed by atoms with Crippen LogP contribution in [0.4, 0.5) is 0 Å². The fourth-order valence-corrected chi connectivity index (χ4v) is 3.15. The molecule has 1 aliphatic carbocycles. The van der Waals surface area contributed by atoms with Gasteiger partial charge >= 0.3 is 0 Å². The van der Waals surface area contributed by atoms with E-state index >= 15 is 0 Å². The van der Waals surface area contributed by atoms with Crippen LogP contribution in [0.25, 0.3) is 0 Å². The van der Waals surface area contributed by atoms with Crippen LogP contribution in [0.3, 0.4) is 0 Å². The third-order valence-corrected chi connectivity index (χ3v) is 4.03. The molecule has 0 saturated heterocycles. The molecule has 1 aromatic heterocycles. The molecule has 1 nitrogen and oxygen atoms in total. The monoisotopic (exact) mass is 227 g/mol. The molecule has 0 aliphatic heterocycles. The Labute approximate surface area is 94.3 Å². The summed E-state index contributed by atoms with van der Waals surface area (Å²) in [6.45, 7) is 0. The number of hydrogen-bond donors (Lipinski definition) is 0. The molecule has 0 N–H and O–H groups in total. The first-order valence-corrected chi connectivity index (χ1v) is 6.45. The second-order valence-electron chi connectivity index (χ2n) is 3.77. The van der Waals surface area contributed by atoms with E-state index in [4.69, 9.17) is 11.6 Å². The number of aromatic nitrogens is 1. The first kappa shape index (κ1) is 10.3. The van der Waals surface area contributed by atoms with E-state index < -0.39 is 0 Å². The molecule has 3 heteroatoms. The third-order valence-electron chi connectivity index (χ3n) is 2.64. The van der Waals surface area contributed by atoms with Crippen LogP contribution in [0.5, 0.6) is 0 Å². The van der Waals surface area contributed by atoms with Gasteiger partial charge < -0.3 is 0 Å². The Balaban J connectivity index is 1.85. The van der Waals surface area contributed by atoms with E-state index in [1.165, 1.54) is 31.4 Å². The van der Waals surface area contributed by atoms with E-state index in [0.717, 1.165) is 16.0 Å². The molecule has 0 atom stereocenters. The summed E-state index contributed by atoms with van der Waals surface area (Å²) in [5, 5.41) is 1.85. The molecular weight excluding hydrogens is 214 g/mol. The molecular formula is C11H14ClNS. The van der Waals surface area contributed by atoms with Crippen LogP contribution in [0.15, 0.2) is 23.4 Å². The van der Waals surface area contributed by atoms with Crippen molar-refractivity contribution in [3.8, 4) is 0 Å². The maximum absolute atomic E-state index is 5.89. The van der Waals surface area contributed by atoms with Gasteiger partial charge in [0.1, 0.15) is 0 Å². The lowest BCUT2D eigenvalue weighted by atomic mass is 10.1. The van der Waals surface area contributed by atoms with Gasteiger partial charge in [-0.2, -0.15) is 0 Å². The Hall–Kier alpha value is -0.210. The van der Waals surface area contributed by atoms with E-state index in [1.54, 1.807) is 6.20 Å². The smallest absolute Gasteiger partial charge is 0.0974 e. The molecule has 0 radical (unpaired) electrons. The molecule has 1 heterocycles. The van der Waals surface area contributed by atoms with Crippen LogP contribution in [0.1, 0.15) is 25.7 Å². The van der Waals surface area contributed by atoms with E-state index in [2.05, 4.69) is 4.98 Å². The van der Waals surface area contributed by atoms with Crippen LogP contribution in [-0.4, -0.2) is 10.7 Å². The Morgan fingerprint density at radius 1 is 1.43 bits per heavy atom. The van der Waals surface area contributed by atoms with Crippen molar-refractivity contribution in [2.75, 3.05) is 5.75 Å². The number of hydrogen-bond acceptors (Lipinski definition) is 2. The summed E-state index contributed by atoms with van der Waals surface area (Å²) in [6.07, 6.45) is 7.39. The van der Waals surface area contributed by atoms with Gasteiger partial charge in [0, 0.05) is 17.0 Å². The molecule has 1 fully saturated rings. The highest BCUT2D eigenvalue weighted by Gasteiger charge is 2.15. The second kappa shape index (κ2) is 5.04. The maximum atomic E-state index is 5.89. The van der Waals surface area contributed by atoms with E-state index in [9.17, 15) is 0 Å². The predicted molar refractivity (Wildman–Crippen MR) is 61.9 cm³/mol. The van der Waals surface area contributed by atoms with Gasteiger partial charge in [0.15, 0.2) is 0 Å². The standard InChI is InChI=1S/C11H14ClNS/c12-10-5-6-13-11(7-10)14-8-9-3-1-2-4-9/h5-7,9H,1-4,8H2. The van der Waals surface area contributed by atoms with Gasteiger partial charge in [-0.05, 0) is 30.9 Å². The van der Waals surface area contributed by atoms with Crippen molar-refractivity contribution in [1.82, 2.24) is 4.98 Å². The Kier molecular flexibility index (Phi) is 3.71. The average Bonchev–Trinajstić information content (AvgIpc) is 2.67. The number of thioether (sulfide) groups is 1. The zero-order valence-corrected chi connectivity index (χ0v) is 9.65. The predicted octanol–water partition coefficient (Wildman–Crippen LogP) is 4.02. The summed E-state index contributed by atoms with van der Waals surface area (Å²) < 4.78 is 0. The summed E-state index contributed by atoms with van der Waals surface area (Å²) in [7, 11) is 0.